The lowest BCUT2D eigenvalue weighted by molar-refractivity contribution is -0.256. The highest BCUT2D eigenvalue weighted by Gasteiger charge is 2.35. The molecule has 3 heteroatoms. The fraction of sp³-hybridized carbons (Fsp3) is 0.600. The summed E-state index contributed by atoms with van der Waals surface area (Å²) in [6.45, 7) is 4.02. The van der Waals surface area contributed by atoms with Gasteiger partial charge in [0.2, 0.25) is 0 Å². The topological polar surface area (TPSA) is 9.23 Å². The summed E-state index contributed by atoms with van der Waals surface area (Å²) in [6, 6.07) is 7.82. The largest absolute Gasteiger partial charge is 0.356 e. The highest BCUT2D eigenvalue weighted by molar-refractivity contribution is 5.22. The van der Waals surface area contributed by atoms with Gasteiger partial charge in [0.25, 0.3) is 0 Å². The van der Waals surface area contributed by atoms with Crippen LogP contribution in [0.15, 0.2) is 48.6 Å². The molecule has 1 aliphatic rings. The molecule has 1 aliphatic carbocycles. The Bertz CT molecular complexity index is 595. The van der Waals surface area contributed by atoms with E-state index in [1.54, 1.807) is 0 Å². The first kappa shape index (κ1) is 22.8. The van der Waals surface area contributed by atoms with Crippen molar-refractivity contribution in [1.29, 1.82) is 0 Å². The number of allylic oxidation sites excluding steroid dienone is 4. The van der Waals surface area contributed by atoms with Crippen LogP contribution in [0.4, 0.5) is 8.78 Å². The van der Waals surface area contributed by atoms with Gasteiger partial charge in [-0.25, -0.2) is 0 Å². The summed E-state index contributed by atoms with van der Waals surface area (Å²) in [7, 11) is 0. The summed E-state index contributed by atoms with van der Waals surface area (Å²) >= 11 is 0. The predicted molar refractivity (Wildman–Crippen MR) is 113 cm³/mol. The van der Waals surface area contributed by atoms with E-state index < -0.39 is 6.11 Å². The smallest absolute Gasteiger partial charge is 0.316 e. The standard InChI is InChI=1S/C25H36F2O/c1-3-5-7-9-21-11-15-23(16-12-21)19-25(26,27)28-20-24-17-13-22(14-18-24)10-8-6-4-2/h3-6,13-14,17-18,21,23H,7-12,15-16,19-20H2,1-2H3/t21-,23-. The summed E-state index contributed by atoms with van der Waals surface area (Å²) in [4.78, 5) is 0. The van der Waals surface area contributed by atoms with Crippen molar-refractivity contribution in [3.63, 3.8) is 0 Å². The van der Waals surface area contributed by atoms with E-state index in [0.29, 0.717) is 5.92 Å². The summed E-state index contributed by atoms with van der Waals surface area (Å²) in [6.07, 6.45) is 13.5. The van der Waals surface area contributed by atoms with Crippen molar-refractivity contribution in [3.05, 3.63) is 59.7 Å². The molecule has 0 atom stereocenters. The zero-order chi connectivity index (χ0) is 20.2. The molecule has 1 aromatic carbocycles. The lowest BCUT2D eigenvalue weighted by Crippen LogP contribution is -2.27. The van der Waals surface area contributed by atoms with Gasteiger partial charge >= 0.3 is 6.11 Å². The molecule has 0 amide bonds. The number of hydrogen-bond donors (Lipinski definition) is 0. The van der Waals surface area contributed by atoms with E-state index in [1.807, 2.05) is 44.2 Å². The fourth-order valence-corrected chi connectivity index (χ4v) is 4.03. The van der Waals surface area contributed by atoms with Gasteiger partial charge in [-0.15, -0.1) is 0 Å². The minimum absolute atomic E-state index is 0.0269. The molecule has 1 nitrogen and oxygen atoms in total. The maximum absolute atomic E-state index is 14.3. The Labute approximate surface area is 169 Å². The van der Waals surface area contributed by atoms with Crippen molar-refractivity contribution in [2.75, 3.05) is 0 Å². The second-order valence-electron chi connectivity index (χ2n) is 8.09. The van der Waals surface area contributed by atoms with Crippen molar-refractivity contribution >= 4 is 0 Å². The molecule has 2 rings (SSSR count). The molecule has 28 heavy (non-hydrogen) atoms. The van der Waals surface area contributed by atoms with Crippen LogP contribution in [0.1, 0.15) is 76.3 Å². The molecule has 0 heterocycles. The number of ether oxygens (including phenoxy) is 1. The molecule has 0 saturated heterocycles. The number of benzene rings is 1. The predicted octanol–water partition coefficient (Wildman–Crippen LogP) is 7.86. The second kappa shape index (κ2) is 12.2. The van der Waals surface area contributed by atoms with Crippen molar-refractivity contribution < 1.29 is 13.5 Å². The van der Waals surface area contributed by atoms with Gasteiger partial charge < -0.3 is 4.74 Å². The summed E-state index contributed by atoms with van der Waals surface area (Å²) < 4.78 is 33.6. The van der Waals surface area contributed by atoms with Crippen LogP contribution in [0.2, 0.25) is 0 Å². The quantitative estimate of drug-likeness (QED) is 0.349. The van der Waals surface area contributed by atoms with E-state index in [9.17, 15) is 8.78 Å². The molecule has 0 N–H and O–H groups in total. The number of alkyl halides is 2. The van der Waals surface area contributed by atoms with Gasteiger partial charge in [-0.2, -0.15) is 8.78 Å². The van der Waals surface area contributed by atoms with Crippen LogP contribution in [0.25, 0.3) is 0 Å². The highest BCUT2D eigenvalue weighted by atomic mass is 19.3. The molecule has 1 fully saturated rings. The molecule has 0 aliphatic heterocycles. The molecule has 0 spiro atoms. The Hall–Kier alpha value is -1.48. The minimum atomic E-state index is -3.03. The van der Waals surface area contributed by atoms with Crippen LogP contribution >= 0.6 is 0 Å². The number of halogens is 2. The highest BCUT2D eigenvalue weighted by Crippen LogP contribution is 2.38. The molecule has 1 aromatic rings. The average Bonchev–Trinajstić information content (AvgIpc) is 2.69. The Morgan fingerprint density at radius 3 is 2.11 bits per heavy atom. The van der Waals surface area contributed by atoms with Gasteiger partial charge in [-0.05, 0) is 75.3 Å². The first-order valence-corrected chi connectivity index (χ1v) is 10.8. The van der Waals surface area contributed by atoms with Gasteiger partial charge in [0, 0.05) is 6.42 Å². The van der Waals surface area contributed by atoms with E-state index in [-0.39, 0.29) is 18.9 Å². The van der Waals surface area contributed by atoms with E-state index >= 15 is 0 Å². The van der Waals surface area contributed by atoms with Crippen LogP contribution in [0.3, 0.4) is 0 Å². The molecule has 1 saturated carbocycles. The summed E-state index contributed by atoms with van der Waals surface area (Å²) in [5, 5.41) is 0. The maximum Gasteiger partial charge on any atom is 0.356 e. The zero-order valence-electron chi connectivity index (χ0n) is 17.5. The third kappa shape index (κ3) is 8.68. The lowest BCUT2D eigenvalue weighted by atomic mass is 9.78. The van der Waals surface area contributed by atoms with Gasteiger partial charge in [0.05, 0.1) is 6.61 Å². The average molecular weight is 391 g/mol. The SMILES string of the molecule is CC=CCCc1ccc(COC(F)(F)C[C@H]2CC[C@H](CCC=CC)CC2)cc1. The number of aryl methyl sites for hydroxylation is 1. The Kier molecular flexibility index (Phi) is 9.91. The lowest BCUT2D eigenvalue weighted by Gasteiger charge is -2.30. The van der Waals surface area contributed by atoms with Gasteiger partial charge in [-0.3, -0.25) is 0 Å². The first-order valence-electron chi connectivity index (χ1n) is 10.8. The second-order valence-corrected chi connectivity index (χ2v) is 8.09. The van der Waals surface area contributed by atoms with E-state index in [0.717, 1.165) is 50.5 Å². The zero-order valence-corrected chi connectivity index (χ0v) is 17.5. The fourth-order valence-electron chi connectivity index (χ4n) is 4.03. The van der Waals surface area contributed by atoms with Crippen LogP contribution in [0, 0.1) is 11.8 Å². The van der Waals surface area contributed by atoms with Crippen LogP contribution in [0.5, 0.6) is 0 Å². The van der Waals surface area contributed by atoms with Gasteiger partial charge in [0.15, 0.2) is 0 Å². The van der Waals surface area contributed by atoms with E-state index in [2.05, 4.69) is 18.2 Å². The van der Waals surface area contributed by atoms with Gasteiger partial charge in [-0.1, -0.05) is 61.4 Å². The Morgan fingerprint density at radius 1 is 0.893 bits per heavy atom. The third-order valence-corrected chi connectivity index (χ3v) is 5.78. The van der Waals surface area contributed by atoms with Crippen LogP contribution in [-0.4, -0.2) is 6.11 Å². The molecule has 0 aromatic heterocycles. The van der Waals surface area contributed by atoms with Crippen molar-refractivity contribution in [1.82, 2.24) is 0 Å². The van der Waals surface area contributed by atoms with Crippen molar-refractivity contribution in [2.45, 2.75) is 84.4 Å². The monoisotopic (exact) mass is 390 g/mol. The summed E-state index contributed by atoms with van der Waals surface area (Å²) in [5.41, 5.74) is 2.03. The molecule has 0 bridgehead atoms. The van der Waals surface area contributed by atoms with Crippen molar-refractivity contribution in [3.8, 4) is 0 Å². The maximum atomic E-state index is 14.3. The first-order chi connectivity index (χ1) is 13.5. The molecule has 156 valence electrons. The third-order valence-electron chi connectivity index (χ3n) is 5.78. The molecule has 0 unspecified atom stereocenters. The van der Waals surface area contributed by atoms with E-state index in [4.69, 9.17) is 4.74 Å². The summed E-state index contributed by atoms with van der Waals surface area (Å²) in [5.74, 6) is 0.787. The molecule has 0 radical (unpaired) electrons. The Morgan fingerprint density at radius 2 is 1.46 bits per heavy atom. The number of hydrogen-bond acceptors (Lipinski definition) is 1. The molecular weight excluding hydrogens is 354 g/mol. The van der Waals surface area contributed by atoms with Crippen LogP contribution < -0.4 is 0 Å². The van der Waals surface area contributed by atoms with Gasteiger partial charge in [0.1, 0.15) is 0 Å². The molecular formula is C25H36F2O. The van der Waals surface area contributed by atoms with Crippen LogP contribution in [-0.2, 0) is 17.8 Å². The minimum Gasteiger partial charge on any atom is -0.316 e. The van der Waals surface area contributed by atoms with E-state index in [1.165, 1.54) is 12.0 Å². The number of rotatable bonds is 11. The normalized spacial score (nSPS) is 21.0. The Balaban J connectivity index is 1.70. The van der Waals surface area contributed by atoms with Crippen molar-refractivity contribution in [2.24, 2.45) is 11.8 Å².